The number of anilines is 2. The number of hydrogen-bond donors (Lipinski definition) is 1. The van der Waals surface area contributed by atoms with Crippen LogP contribution in [0.15, 0.2) is 95.4 Å². The van der Waals surface area contributed by atoms with Gasteiger partial charge in [0.15, 0.2) is 5.76 Å². The summed E-state index contributed by atoms with van der Waals surface area (Å²) in [6, 6.07) is 25.9. The Hall–Kier alpha value is -4.92. The van der Waals surface area contributed by atoms with E-state index in [4.69, 9.17) is 4.42 Å². The Morgan fingerprint density at radius 2 is 1.49 bits per heavy atom. The molecule has 9 heteroatoms. The summed E-state index contributed by atoms with van der Waals surface area (Å²) in [4.78, 5) is 40.6. The van der Waals surface area contributed by atoms with Crippen molar-refractivity contribution in [1.29, 1.82) is 0 Å². The summed E-state index contributed by atoms with van der Waals surface area (Å²) in [7, 11) is 0. The van der Waals surface area contributed by atoms with Gasteiger partial charge in [-0.15, -0.1) is 0 Å². The molecule has 0 spiro atoms. The molecule has 0 atom stereocenters. The molecule has 2 heterocycles. The van der Waals surface area contributed by atoms with Crippen molar-refractivity contribution in [3.8, 4) is 11.3 Å². The van der Waals surface area contributed by atoms with E-state index in [9.17, 15) is 19.7 Å². The molecule has 9 nitrogen and oxygen atoms in total. The molecule has 1 N–H and O–H groups in total. The first-order chi connectivity index (χ1) is 18.0. The third kappa shape index (κ3) is 5.06. The summed E-state index contributed by atoms with van der Waals surface area (Å²) in [6.45, 7) is 2.36. The molecule has 2 amide bonds. The van der Waals surface area contributed by atoms with Crippen LogP contribution >= 0.6 is 0 Å². The lowest BCUT2D eigenvalue weighted by Crippen LogP contribution is -2.49. The van der Waals surface area contributed by atoms with Gasteiger partial charge in [-0.3, -0.25) is 19.7 Å². The molecule has 186 valence electrons. The van der Waals surface area contributed by atoms with E-state index in [0.717, 1.165) is 5.69 Å². The first-order valence-corrected chi connectivity index (χ1v) is 11.8. The summed E-state index contributed by atoms with van der Waals surface area (Å²) in [5, 5.41) is 14.3. The van der Waals surface area contributed by atoms with Gasteiger partial charge in [-0.1, -0.05) is 42.5 Å². The van der Waals surface area contributed by atoms with E-state index >= 15 is 0 Å². The molecule has 3 aromatic carbocycles. The predicted molar refractivity (Wildman–Crippen MR) is 140 cm³/mol. The molecule has 0 radical (unpaired) electrons. The standard InChI is InChI=1S/C28H24N4O5/c33-27(26-15-14-25(37-26)21-10-4-6-12-23(21)32(35)36)29-22-11-5-7-13-24(22)30-16-18-31(19-17-30)28(34)20-8-2-1-3-9-20/h1-15H,16-19H2,(H,29,33). The van der Waals surface area contributed by atoms with Crippen molar-refractivity contribution in [2.45, 2.75) is 0 Å². The zero-order valence-electron chi connectivity index (χ0n) is 19.9. The summed E-state index contributed by atoms with van der Waals surface area (Å²) in [5.74, 6) is -0.171. The highest BCUT2D eigenvalue weighted by Gasteiger charge is 2.24. The van der Waals surface area contributed by atoms with E-state index in [0.29, 0.717) is 43.0 Å². The topological polar surface area (TPSA) is 109 Å². The van der Waals surface area contributed by atoms with E-state index in [1.807, 2.05) is 53.4 Å². The Morgan fingerprint density at radius 3 is 2.24 bits per heavy atom. The van der Waals surface area contributed by atoms with Crippen LogP contribution in [0, 0.1) is 10.1 Å². The molecule has 1 aliphatic rings. The first-order valence-electron chi connectivity index (χ1n) is 11.8. The molecule has 1 aliphatic heterocycles. The fraction of sp³-hybridized carbons (Fsp3) is 0.143. The average molecular weight is 497 g/mol. The number of nitrogens with one attached hydrogen (secondary N) is 1. The van der Waals surface area contributed by atoms with Crippen LogP contribution in [0.1, 0.15) is 20.9 Å². The lowest BCUT2D eigenvalue weighted by molar-refractivity contribution is -0.384. The van der Waals surface area contributed by atoms with Crippen molar-refractivity contribution < 1.29 is 18.9 Å². The highest BCUT2D eigenvalue weighted by Crippen LogP contribution is 2.32. The summed E-state index contributed by atoms with van der Waals surface area (Å²) in [6.07, 6.45) is 0. The number of nitrogens with zero attached hydrogens (tertiary/aromatic N) is 3. The summed E-state index contributed by atoms with van der Waals surface area (Å²) < 4.78 is 5.69. The Morgan fingerprint density at radius 1 is 0.811 bits per heavy atom. The zero-order chi connectivity index (χ0) is 25.8. The maximum atomic E-state index is 13.0. The van der Waals surface area contributed by atoms with Crippen LogP contribution in [0.4, 0.5) is 17.1 Å². The summed E-state index contributed by atoms with van der Waals surface area (Å²) in [5.41, 5.74) is 2.32. The number of nitro benzene ring substituents is 1. The molecule has 37 heavy (non-hydrogen) atoms. The maximum absolute atomic E-state index is 13.0. The molecule has 1 saturated heterocycles. The first kappa shape index (κ1) is 23.8. The third-order valence-electron chi connectivity index (χ3n) is 6.28. The molecule has 0 saturated carbocycles. The lowest BCUT2D eigenvalue weighted by Gasteiger charge is -2.37. The Balaban J connectivity index is 1.28. The van der Waals surface area contributed by atoms with Crippen LogP contribution in [-0.2, 0) is 0 Å². The van der Waals surface area contributed by atoms with Crippen LogP contribution < -0.4 is 10.2 Å². The largest absolute Gasteiger partial charge is 0.451 e. The van der Waals surface area contributed by atoms with Crippen LogP contribution in [0.2, 0.25) is 0 Å². The van der Waals surface area contributed by atoms with Crippen molar-refractivity contribution in [1.82, 2.24) is 4.90 Å². The second kappa shape index (κ2) is 10.4. The number of carbonyl (C=O) groups is 2. The number of para-hydroxylation sites is 3. The smallest absolute Gasteiger partial charge is 0.291 e. The molecule has 1 fully saturated rings. The van der Waals surface area contributed by atoms with Crippen molar-refractivity contribution in [3.63, 3.8) is 0 Å². The molecule has 0 aliphatic carbocycles. The Kier molecular flexibility index (Phi) is 6.67. The van der Waals surface area contributed by atoms with Gasteiger partial charge in [0.1, 0.15) is 5.76 Å². The van der Waals surface area contributed by atoms with Gasteiger partial charge in [-0.05, 0) is 42.5 Å². The van der Waals surface area contributed by atoms with Gasteiger partial charge in [-0.25, -0.2) is 0 Å². The number of furan rings is 1. The molecule has 0 bridgehead atoms. The number of nitro groups is 1. The van der Waals surface area contributed by atoms with Gasteiger partial charge in [0, 0.05) is 37.8 Å². The minimum atomic E-state index is -0.485. The van der Waals surface area contributed by atoms with Crippen molar-refractivity contribution >= 4 is 28.9 Å². The normalized spacial score (nSPS) is 13.3. The van der Waals surface area contributed by atoms with Gasteiger partial charge in [0.2, 0.25) is 0 Å². The highest BCUT2D eigenvalue weighted by atomic mass is 16.6. The second-order valence-electron chi connectivity index (χ2n) is 8.55. The van der Waals surface area contributed by atoms with Crippen molar-refractivity contribution in [2.24, 2.45) is 0 Å². The van der Waals surface area contributed by atoms with E-state index < -0.39 is 10.8 Å². The molecule has 1 aromatic heterocycles. The number of hydrogen-bond acceptors (Lipinski definition) is 6. The minimum absolute atomic E-state index is 0.00844. The Bertz CT molecular complexity index is 1440. The van der Waals surface area contributed by atoms with E-state index in [2.05, 4.69) is 10.2 Å². The number of amides is 2. The molecule has 0 unspecified atom stereocenters. The monoisotopic (exact) mass is 496 g/mol. The predicted octanol–water partition coefficient (Wildman–Crippen LogP) is 5.07. The van der Waals surface area contributed by atoms with Gasteiger partial charge >= 0.3 is 0 Å². The fourth-order valence-corrected chi connectivity index (χ4v) is 4.40. The van der Waals surface area contributed by atoms with E-state index in [1.54, 1.807) is 30.3 Å². The minimum Gasteiger partial charge on any atom is -0.451 e. The number of piperazine rings is 1. The van der Waals surface area contributed by atoms with Crippen LogP contribution in [0.3, 0.4) is 0 Å². The average Bonchev–Trinajstić information content (AvgIpc) is 3.44. The quantitative estimate of drug-likeness (QED) is 0.295. The molecule has 5 rings (SSSR count). The van der Waals surface area contributed by atoms with Crippen LogP contribution in [-0.4, -0.2) is 47.8 Å². The Labute approximate surface area is 213 Å². The molecular formula is C28H24N4O5. The lowest BCUT2D eigenvalue weighted by atomic mass is 10.1. The fourth-order valence-electron chi connectivity index (χ4n) is 4.40. The SMILES string of the molecule is O=C(Nc1ccccc1N1CCN(C(=O)c2ccccc2)CC1)c1ccc(-c2ccccc2[N+](=O)[O-])o1. The maximum Gasteiger partial charge on any atom is 0.291 e. The second-order valence-corrected chi connectivity index (χ2v) is 8.55. The molecule has 4 aromatic rings. The van der Waals surface area contributed by atoms with Gasteiger partial charge < -0.3 is 19.5 Å². The third-order valence-corrected chi connectivity index (χ3v) is 6.28. The summed E-state index contributed by atoms with van der Waals surface area (Å²) >= 11 is 0. The zero-order valence-corrected chi connectivity index (χ0v) is 19.9. The van der Waals surface area contributed by atoms with Crippen LogP contribution in [0.5, 0.6) is 0 Å². The van der Waals surface area contributed by atoms with Gasteiger partial charge in [0.25, 0.3) is 17.5 Å². The van der Waals surface area contributed by atoms with E-state index in [-0.39, 0.29) is 23.1 Å². The van der Waals surface area contributed by atoms with Crippen molar-refractivity contribution in [2.75, 3.05) is 36.4 Å². The van der Waals surface area contributed by atoms with Crippen molar-refractivity contribution in [3.05, 3.63) is 112 Å². The number of benzene rings is 3. The van der Waals surface area contributed by atoms with Crippen LogP contribution in [0.25, 0.3) is 11.3 Å². The van der Waals surface area contributed by atoms with Gasteiger partial charge in [-0.2, -0.15) is 0 Å². The number of rotatable bonds is 6. The number of carbonyl (C=O) groups excluding carboxylic acids is 2. The molecular weight excluding hydrogens is 472 g/mol. The van der Waals surface area contributed by atoms with Gasteiger partial charge in [0.05, 0.1) is 21.9 Å². The van der Waals surface area contributed by atoms with E-state index in [1.165, 1.54) is 12.1 Å². The highest BCUT2D eigenvalue weighted by molar-refractivity contribution is 6.04.